The van der Waals surface area contributed by atoms with Crippen LogP contribution in [0.4, 0.5) is 4.39 Å². The van der Waals surface area contributed by atoms with Gasteiger partial charge < -0.3 is 20.5 Å². The molecule has 0 spiro atoms. The molecule has 3 atom stereocenters. The van der Waals surface area contributed by atoms with Gasteiger partial charge in [0, 0.05) is 41.5 Å². The first-order valence-corrected chi connectivity index (χ1v) is 14.4. The highest BCUT2D eigenvalue weighted by Gasteiger charge is 2.49. The number of benzene rings is 4. The number of H-pyrrole nitrogens is 1. The molecule has 214 valence electrons. The Labute approximate surface area is 247 Å². The first kappa shape index (κ1) is 26.6. The van der Waals surface area contributed by atoms with Crippen molar-refractivity contribution in [3.05, 3.63) is 142 Å². The summed E-state index contributed by atoms with van der Waals surface area (Å²) in [6, 6.07) is 28.6. The summed E-state index contributed by atoms with van der Waals surface area (Å²) in [5.74, 6) is -1.31. The van der Waals surface area contributed by atoms with E-state index in [0.717, 1.165) is 38.9 Å². The van der Waals surface area contributed by atoms with Crippen molar-refractivity contribution in [2.75, 3.05) is 0 Å². The van der Waals surface area contributed by atoms with Crippen molar-refractivity contribution in [3.8, 4) is 0 Å². The molecule has 0 saturated carbocycles. The zero-order valence-electron chi connectivity index (χ0n) is 23.2. The minimum Gasteiger partial charge on any atom is -0.356 e. The molecule has 1 unspecified atom stereocenters. The van der Waals surface area contributed by atoms with Crippen LogP contribution in [0.3, 0.4) is 0 Å². The number of carbonyl (C=O) groups is 3. The van der Waals surface area contributed by atoms with Crippen LogP contribution in [-0.2, 0) is 29.0 Å². The Kier molecular flexibility index (Phi) is 6.74. The fourth-order valence-electron chi connectivity index (χ4n) is 6.38. The van der Waals surface area contributed by atoms with Crippen LogP contribution in [0.15, 0.2) is 103 Å². The number of para-hydroxylation sites is 1. The molecular weight excluding hydrogens is 543 g/mol. The number of halogens is 1. The maximum absolute atomic E-state index is 14.2. The third-order valence-corrected chi connectivity index (χ3v) is 8.45. The molecule has 0 fully saturated rings. The molecule has 1 aromatic heterocycles. The molecule has 2 aliphatic heterocycles. The third kappa shape index (κ3) is 4.84. The summed E-state index contributed by atoms with van der Waals surface area (Å²) in [6.07, 6.45) is 0.584. The number of aromatic nitrogens is 1. The Hall–Kier alpha value is -5.24. The van der Waals surface area contributed by atoms with Crippen LogP contribution in [0, 0.1) is 5.82 Å². The van der Waals surface area contributed by atoms with Gasteiger partial charge in [0.1, 0.15) is 17.9 Å². The van der Waals surface area contributed by atoms with E-state index in [9.17, 15) is 18.8 Å². The molecule has 3 amide bonds. The number of nitrogens with zero attached hydrogens (tertiary/aromatic N) is 1. The number of carbonyl (C=O) groups excluding carboxylic acids is 3. The van der Waals surface area contributed by atoms with Crippen LogP contribution >= 0.6 is 0 Å². The van der Waals surface area contributed by atoms with Crippen LogP contribution in [0.2, 0.25) is 0 Å². The monoisotopic (exact) mass is 572 g/mol. The van der Waals surface area contributed by atoms with Gasteiger partial charge in [-0.25, -0.2) is 4.39 Å². The molecule has 5 aromatic rings. The average Bonchev–Trinajstić information content (AvgIpc) is 3.55. The number of hydrogen-bond acceptors (Lipinski definition) is 3. The van der Waals surface area contributed by atoms with E-state index in [2.05, 4.69) is 15.6 Å². The van der Waals surface area contributed by atoms with Crippen molar-refractivity contribution in [3.63, 3.8) is 0 Å². The van der Waals surface area contributed by atoms with Gasteiger partial charge >= 0.3 is 0 Å². The highest BCUT2D eigenvalue weighted by Crippen LogP contribution is 2.46. The number of nitrogens with one attached hydrogen (secondary N) is 3. The molecule has 3 heterocycles. The molecule has 0 aliphatic carbocycles. The fraction of sp³-hybridized carbons (Fsp3) is 0.171. The standard InChI is InChI=1S/C35H29FN4O3/c36-23-16-14-22(15-17-23)20-37-33(41)29(18-21-8-2-1-3-9-21)39-34(42)30-19-27-24-10-6-7-13-28(24)38-31(27)32-25-11-4-5-12-26(25)35(43)40(30)32/h1-17,29-30,32,38H,18-20H2,(H,37,41)(H,39,42)/t29-,30-,32?/m0/s1. The molecule has 7 nitrogen and oxygen atoms in total. The van der Waals surface area contributed by atoms with Gasteiger partial charge in [-0.15, -0.1) is 0 Å². The Morgan fingerprint density at radius 1 is 0.884 bits per heavy atom. The van der Waals surface area contributed by atoms with Crippen molar-refractivity contribution < 1.29 is 18.8 Å². The van der Waals surface area contributed by atoms with E-state index >= 15 is 0 Å². The van der Waals surface area contributed by atoms with E-state index in [1.54, 1.807) is 23.1 Å². The molecule has 7 rings (SSSR count). The zero-order valence-corrected chi connectivity index (χ0v) is 23.2. The van der Waals surface area contributed by atoms with Gasteiger partial charge in [-0.2, -0.15) is 0 Å². The maximum Gasteiger partial charge on any atom is 0.255 e. The zero-order chi connectivity index (χ0) is 29.5. The lowest BCUT2D eigenvalue weighted by atomic mass is 9.89. The van der Waals surface area contributed by atoms with Crippen molar-refractivity contribution in [2.45, 2.75) is 37.5 Å². The van der Waals surface area contributed by atoms with Gasteiger partial charge in [-0.05, 0) is 46.5 Å². The molecule has 3 N–H and O–H groups in total. The smallest absolute Gasteiger partial charge is 0.255 e. The van der Waals surface area contributed by atoms with Crippen LogP contribution in [0.25, 0.3) is 10.9 Å². The maximum atomic E-state index is 14.2. The van der Waals surface area contributed by atoms with Crippen molar-refractivity contribution >= 4 is 28.6 Å². The van der Waals surface area contributed by atoms with E-state index in [0.29, 0.717) is 12.0 Å². The van der Waals surface area contributed by atoms with Gasteiger partial charge in [-0.3, -0.25) is 14.4 Å². The Balaban J connectivity index is 1.21. The quantitative estimate of drug-likeness (QED) is 0.261. The van der Waals surface area contributed by atoms with E-state index < -0.39 is 18.1 Å². The minimum atomic E-state index is -0.891. The predicted octanol–water partition coefficient (Wildman–Crippen LogP) is 4.82. The normalized spacial score (nSPS) is 17.6. The number of aromatic amines is 1. The van der Waals surface area contributed by atoms with Crippen LogP contribution in [0.5, 0.6) is 0 Å². The van der Waals surface area contributed by atoms with Crippen molar-refractivity contribution in [2.24, 2.45) is 0 Å². The van der Waals surface area contributed by atoms with E-state index in [-0.39, 0.29) is 36.5 Å². The lowest BCUT2D eigenvalue weighted by Crippen LogP contribution is -2.57. The van der Waals surface area contributed by atoms with Gasteiger partial charge in [0.25, 0.3) is 5.91 Å². The first-order valence-electron chi connectivity index (χ1n) is 14.4. The summed E-state index contributed by atoms with van der Waals surface area (Å²) in [5.41, 5.74) is 5.93. The minimum absolute atomic E-state index is 0.185. The molecule has 8 heteroatoms. The Morgan fingerprint density at radius 2 is 1.60 bits per heavy atom. The molecule has 2 aliphatic rings. The SMILES string of the molecule is O=C(NCc1ccc(F)cc1)[C@H](Cc1ccccc1)NC(=O)[C@@H]1Cc2c([nH]c3ccccc23)C2c3ccccc3C(=O)N21. The summed E-state index contributed by atoms with van der Waals surface area (Å²) in [7, 11) is 0. The highest BCUT2D eigenvalue weighted by molar-refractivity contribution is 6.04. The summed E-state index contributed by atoms with van der Waals surface area (Å²) >= 11 is 0. The molecule has 0 bridgehead atoms. The summed E-state index contributed by atoms with van der Waals surface area (Å²) in [4.78, 5) is 46.7. The van der Waals surface area contributed by atoms with Crippen LogP contribution in [0.1, 0.15) is 44.3 Å². The second kappa shape index (κ2) is 10.9. The molecular formula is C35H29FN4O3. The Bertz CT molecular complexity index is 1850. The van der Waals surface area contributed by atoms with E-state index in [4.69, 9.17) is 0 Å². The van der Waals surface area contributed by atoms with Gasteiger partial charge in [0.05, 0.1) is 6.04 Å². The second-order valence-electron chi connectivity index (χ2n) is 11.1. The fourth-order valence-corrected chi connectivity index (χ4v) is 6.38. The van der Waals surface area contributed by atoms with E-state index in [1.165, 1.54) is 12.1 Å². The summed E-state index contributed by atoms with van der Waals surface area (Å²) in [5, 5.41) is 6.90. The topological polar surface area (TPSA) is 94.3 Å². The van der Waals surface area contributed by atoms with Crippen LogP contribution < -0.4 is 10.6 Å². The first-order chi connectivity index (χ1) is 21.0. The number of fused-ring (bicyclic) bond motifs is 7. The largest absolute Gasteiger partial charge is 0.356 e. The lowest BCUT2D eigenvalue weighted by molar-refractivity contribution is -0.132. The number of amides is 3. The number of rotatable bonds is 7. The molecule has 0 radical (unpaired) electrons. The van der Waals surface area contributed by atoms with Crippen LogP contribution in [-0.4, -0.2) is 39.7 Å². The predicted molar refractivity (Wildman–Crippen MR) is 161 cm³/mol. The molecule has 4 aromatic carbocycles. The second-order valence-corrected chi connectivity index (χ2v) is 11.1. The molecule has 43 heavy (non-hydrogen) atoms. The average molecular weight is 573 g/mol. The van der Waals surface area contributed by atoms with E-state index in [1.807, 2.05) is 72.8 Å². The number of hydrogen-bond donors (Lipinski definition) is 3. The summed E-state index contributed by atoms with van der Waals surface area (Å²) < 4.78 is 13.4. The van der Waals surface area contributed by atoms with Gasteiger partial charge in [0.2, 0.25) is 11.8 Å². The Morgan fingerprint density at radius 3 is 2.42 bits per heavy atom. The van der Waals surface area contributed by atoms with Crippen molar-refractivity contribution in [1.82, 2.24) is 20.5 Å². The third-order valence-electron chi connectivity index (χ3n) is 8.45. The summed E-state index contributed by atoms with van der Waals surface area (Å²) in [6.45, 7) is 0.185. The van der Waals surface area contributed by atoms with Crippen molar-refractivity contribution in [1.29, 1.82) is 0 Å². The molecule has 0 saturated heterocycles. The highest BCUT2D eigenvalue weighted by atomic mass is 19.1. The van der Waals surface area contributed by atoms with Gasteiger partial charge in [-0.1, -0.05) is 78.9 Å². The van der Waals surface area contributed by atoms with Gasteiger partial charge in [0.15, 0.2) is 0 Å². The lowest BCUT2D eigenvalue weighted by Gasteiger charge is -2.37.